The number of rotatable bonds is 6. The molecule has 0 amide bonds. The molecule has 0 saturated carbocycles. The van der Waals surface area contributed by atoms with E-state index in [2.05, 4.69) is 100 Å². The van der Waals surface area contributed by atoms with Crippen molar-refractivity contribution < 1.29 is 13.2 Å². The molecule has 0 N–H and O–H groups in total. The molecule has 0 aliphatic rings. The molecule has 0 fully saturated rings. The van der Waals surface area contributed by atoms with Crippen LogP contribution in [-0.2, 0) is 6.18 Å². The molecule has 4 nitrogen and oxygen atoms in total. The van der Waals surface area contributed by atoms with Crippen LogP contribution in [0, 0.1) is 22.7 Å². The molecular weight excluding hydrogens is 798 g/mol. The Bertz CT molecular complexity index is 3730. The van der Waals surface area contributed by atoms with Gasteiger partial charge in [-0.25, -0.2) is 0 Å². The molecule has 2 aromatic heterocycles. The highest BCUT2D eigenvalue weighted by Crippen LogP contribution is 2.45. The first kappa shape index (κ1) is 38.3. The maximum atomic E-state index is 14.0. The van der Waals surface area contributed by atoms with Gasteiger partial charge in [-0.2, -0.15) is 23.7 Å². The van der Waals surface area contributed by atoms with Crippen LogP contribution in [0.15, 0.2) is 200 Å². The van der Waals surface area contributed by atoms with Crippen LogP contribution in [0.3, 0.4) is 0 Å². The van der Waals surface area contributed by atoms with Gasteiger partial charge in [-0.05, 0) is 106 Å². The maximum absolute atomic E-state index is 14.0. The lowest BCUT2D eigenvalue weighted by atomic mass is 9.91. The summed E-state index contributed by atoms with van der Waals surface area (Å²) in [4.78, 5) is 0. The molecule has 7 heteroatoms. The van der Waals surface area contributed by atoms with Gasteiger partial charge < -0.3 is 9.13 Å². The topological polar surface area (TPSA) is 57.4 Å². The molecule has 11 aromatic rings. The van der Waals surface area contributed by atoms with Crippen molar-refractivity contribution in [2.24, 2.45) is 0 Å². The Balaban J connectivity index is 1.23. The lowest BCUT2D eigenvalue weighted by Crippen LogP contribution is -2.06. The first-order valence-electron chi connectivity index (χ1n) is 20.8. The minimum Gasteiger partial charge on any atom is -0.309 e. The number of nitrogens with zero attached hydrogens (tertiary/aromatic N) is 4. The Hall–Kier alpha value is -8.65. The van der Waals surface area contributed by atoms with Crippen LogP contribution in [0.4, 0.5) is 13.2 Å². The number of para-hydroxylation sites is 2. The SMILES string of the molecule is N#Cc1cc(C(F)(F)F)ccc1-c1ccc(-n2c3ccccc3c3cc(-c4ccccc4)ccc32)c(-c2c(C#N)cccc2-n2c3ccccc3c3cc(-c4ccccc4)ccc32)c1. The predicted molar refractivity (Wildman–Crippen MR) is 251 cm³/mol. The molecule has 11 rings (SSSR count). The van der Waals surface area contributed by atoms with E-state index in [-0.39, 0.29) is 5.56 Å². The molecule has 64 heavy (non-hydrogen) atoms. The van der Waals surface area contributed by atoms with Crippen molar-refractivity contribution >= 4 is 43.6 Å². The standard InChI is InChI=1S/C57H33F3N4/c58-57(59,60)43-25-26-44(42(30-43)35-62)40-24-29-54(63-50-19-9-7-17-45(50)47-31-38(22-27-52(47)63)36-12-3-1-4-13-36)49(33-40)56-41(34-61)16-11-21-55(56)64-51-20-10-8-18-46(51)48-32-39(23-28-53(48)64)37-14-5-2-6-15-37/h1-33H. The zero-order chi connectivity index (χ0) is 43.5. The average Bonchev–Trinajstić information content (AvgIpc) is 3.85. The van der Waals surface area contributed by atoms with E-state index in [9.17, 15) is 23.7 Å². The molecule has 0 saturated heterocycles. The van der Waals surface area contributed by atoms with E-state index < -0.39 is 11.7 Å². The summed E-state index contributed by atoms with van der Waals surface area (Å²) in [6, 6.07) is 69.0. The summed E-state index contributed by atoms with van der Waals surface area (Å²) in [5.74, 6) is 0. The molecule has 302 valence electrons. The van der Waals surface area contributed by atoms with Crippen LogP contribution in [0.25, 0.3) is 99.5 Å². The minimum absolute atomic E-state index is 0.107. The van der Waals surface area contributed by atoms with Gasteiger partial charge in [0.2, 0.25) is 0 Å². The van der Waals surface area contributed by atoms with Gasteiger partial charge in [-0.3, -0.25) is 0 Å². The quantitative estimate of drug-likeness (QED) is 0.168. The van der Waals surface area contributed by atoms with Crippen LogP contribution in [0.5, 0.6) is 0 Å². The van der Waals surface area contributed by atoms with E-state index in [0.717, 1.165) is 89.4 Å². The molecular formula is C57H33F3N4. The van der Waals surface area contributed by atoms with Crippen LogP contribution >= 0.6 is 0 Å². The maximum Gasteiger partial charge on any atom is 0.416 e. The number of alkyl halides is 3. The zero-order valence-corrected chi connectivity index (χ0v) is 34.0. The first-order valence-corrected chi connectivity index (χ1v) is 20.8. The van der Waals surface area contributed by atoms with E-state index in [1.807, 2.05) is 97.1 Å². The van der Waals surface area contributed by atoms with Crippen molar-refractivity contribution in [1.82, 2.24) is 9.13 Å². The van der Waals surface area contributed by atoms with Gasteiger partial charge in [0.15, 0.2) is 0 Å². The fourth-order valence-corrected chi connectivity index (χ4v) is 9.35. The Kier molecular flexibility index (Phi) is 9.01. The highest BCUT2D eigenvalue weighted by Gasteiger charge is 2.31. The second-order valence-electron chi connectivity index (χ2n) is 15.8. The van der Waals surface area contributed by atoms with Gasteiger partial charge in [-0.15, -0.1) is 0 Å². The Morgan fingerprint density at radius 2 is 0.875 bits per heavy atom. The van der Waals surface area contributed by atoms with Crippen molar-refractivity contribution in [3.8, 4) is 68.0 Å². The van der Waals surface area contributed by atoms with Crippen LogP contribution in [0.2, 0.25) is 0 Å². The lowest BCUT2D eigenvalue weighted by Gasteiger charge is -2.21. The van der Waals surface area contributed by atoms with Gasteiger partial charge in [0, 0.05) is 32.7 Å². The fourth-order valence-electron chi connectivity index (χ4n) is 9.35. The molecule has 2 heterocycles. The fraction of sp³-hybridized carbons (Fsp3) is 0.0175. The van der Waals surface area contributed by atoms with E-state index in [1.165, 1.54) is 6.07 Å². The molecule has 0 spiro atoms. The van der Waals surface area contributed by atoms with E-state index in [4.69, 9.17) is 0 Å². The molecule has 0 atom stereocenters. The highest BCUT2D eigenvalue weighted by atomic mass is 19.4. The largest absolute Gasteiger partial charge is 0.416 e. The molecule has 9 aromatic carbocycles. The summed E-state index contributed by atoms with van der Waals surface area (Å²) in [5.41, 5.74) is 11.1. The number of hydrogen-bond donors (Lipinski definition) is 0. The lowest BCUT2D eigenvalue weighted by molar-refractivity contribution is -0.137. The summed E-state index contributed by atoms with van der Waals surface area (Å²) in [6.07, 6.45) is -4.62. The van der Waals surface area contributed by atoms with Crippen molar-refractivity contribution in [1.29, 1.82) is 10.5 Å². The predicted octanol–water partition coefficient (Wildman–Crippen LogP) is 15.3. The Morgan fingerprint density at radius 3 is 1.44 bits per heavy atom. The molecule has 0 aliphatic carbocycles. The van der Waals surface area contributed by atoms with E-state index >= 15 is 0 Å². The van der Waals surface area contributed by atoms with Crippen LogP contribution in [-0.4, -0.2) is 9.13 Å². The molecule has 0 aliphatic heterocycles. The third-order valence-corrected chi connectivity index (χ3v) is 12.2. The summed E-state index contributed by atoms with van der Waals surface area (Å²) in [6.45, 7) is 0. The smallest absolute Gasteiger partial charge is 0.309 e. The molecule has 0 radical (unpaired) electrons. The molecule has 0 unspecified atom stereocenters. The Morgan fingerprint density at radius 1 is 0.359 bits per heavy atom. The van der Waals surface area contributed by atoms with Crippen LogP contribution in [0.1, 0.15) is 16.7 Å². The average molecular weight is 831 g/mol. The van der Waals surface area contributed by atoms with Gasteiger partial charge in [-0.1, -0.05) is 127 Å². The monoisotopic (exact) mass is 830 g/mol. The second-order valence-corrected chi connectivity index (χ2v) is 15.8. The summed E-state index contributed by atoms with van der Waals surface area (Å²) in [7, 11) is 0. The number of aromatic nitrogens is 2. The van der Waals surface area contributed by atoms with Gasteiger partial charge in [0.25, 0.3) is 0 Å². The van der Waals surface area contributed by atoms with Crippen molar-refractivity contribution in [3.05, 3.63) is 217 Å². The van der Waals surface area contributed by atoms with Gasteiger partial charge in [0.05, 0.1) is 62.3 Å². The number of fused-ring (bicyclic) bond motifs is 6. The highest BCUT2D eigenvalue weighted by molar-refractivity contribution is 6.13. The number of hydrogen-bond acceptors (Lipinski definition) is 2. The van der Waals surface area contributed by atoms with Crippen molar-refractivity contribution in [2.75, 3.05) is 0 Å². The van der Waals surface area contributed by atoms with Crippen molar-refractivity contribution in [2.45, 2.75) is 6.18 Å². The van der Waals surface area contributed by atoms with E-state index in [0.29, 0.717) is 27.8 Å². The number of nitriles is 2. The third kappa shape index (κ3) is 6.22. The van der Waals surface area contributed by atoms with Crippen LogP contribution < -0.4 is 0 Å². The summed E-state index contributed by atoms with van der Waals surface area (Å²) in [5, 5.41) is 25.5. The Labute approximate surface area is 366 Å². The van der Waals surface area contributed by atoms with Gasteiger partial charge >= 0.3 is 6.18 Å². The summed E-state index contributed by atoms with van der Waals surface area (Å²) < 4.78 is 46.3. The summed E-state index contributed by atoms with van der Waals surface area (Å²) >= 11 is 0. The minimum atomic E-state index is -4.62. The van der Waals surface area contributed by atoms with Crippen molar-refractivity contribution in [3.63, 3.8) is 0 Å². The third-order valence-electron chi connectivity index (χ3n) is 12.2. The number of benzene rings is 9. The normalized spacial score (nSPS) is 11.6. The number of halogens is 3. The van der Waals surface area contributed by atoms with E-state index in [1.54, 1.807) is 6.07 Å². The first-order chi connectivity index (χ1) is 31.3. The molecule has 0 bridgehead atoms. The second kappa shape index (κ2) is 15.1. The zero-order valence-electron chi connectivity index (χ0n) is 34.0. The van der Waals surface area contributed by atoms with Gasteiger partial charge in [0.1, 0.15) is 0 Å².